The standard InChI is InChI=1S/C24H38F2N2O2/c1-21(2)10-9-15(13-22(3,4)27-21)29-18-11-17(26)19(12-16(18)25)30-20-14-23(5,6)28-24(20,7)8/h11-12,15,20,27-28H,9-10,13-14H2,1-8H3. The molecule has 0 radical (unpaired) electrons. The van der Waals surface area contributed by atoms with Gasteiger partial charge in [0.2, 0.25) is 0 Å². The van der Waals surface area contributed by atoms with Gasteiger partial charge in [-0.15, -0.1) is 0 Å². The van der Waals surface area contributed by atoms with Gasteiger partial charge in [-0.25, -0.2) is 8.78 Å². The van der Waals surface area contributed by atoms with E-state index < -0.39 is 11.6 Å². The van der Waals surface area contributed by atoms with Crippen molar-refractivity contribution < 1.29 is 18.3 Å². The molecule has 2 saturated heterocycles. The van der Waals surface area contributed by atoms with E-state index in [-0.39, 0.29) is 45.9 Å². The number of hydrogen-bond donors (Lipinski definition) is 2. The third kappa shape index (κ3) is 5.44. The van der Waals surface area contributed by atoms with Gasteiger partial charge in [0.05, 0.1) is 5.54 Å². The highest BCUT2D eigenvalue weighted by Gasteiger charge is 2.46. The summed E-state index contributed by atoms with van der Waals surface area (Å²) >= 11 is 0. The molecule has 3 rings (SSSR count). The summed E-state index contributed by atoms with van der Waals surface area (Å²) in [6, 6.07) is 2.25. The number of hydrogen-bond acceptors (Lipinski definition) is 4. The molecule has 30 heavy (non-hydrogen) atoms. The Morgan fingerprint density at radius 3 is 1.83 bits per heavy atom. The first-order valence-corrected chi connectivity index (χ1v) is 11.0. The summed E-state index contributed by atoms with van der Waals surface area (Å²) in [6.07, 6.45) is 2.65. The SMILES string of the molecule is CC1(C)CCC(Oc2cc(F)c(OC3CC(C)(C)NC3(C)C)cc2F)CC(C)(C)N1. The lowest BCUT2D eigenvalue weighted by Gasteiger charge is -2.34. The lowest BCUT2D eigenvalue weighted by atomic mass is 9.96. The van der Waals surface area contributed by atoms with Crippen LogP contribution in [0.4, 0.5) is 8.78 Å². The second-order valence-corrected chi connectivity index (χ2v) is 11.6. The Bertz CT molecular complexity index is 790. The fourth-order valence-corrected chi connectivity index (χ4v) is 5.26. The van der Waals surface area contributed by atoms with Crippen molar-refractivity contribution in [1.29, 1.82) is 0 Å². The number of rotatable bonds is 4. The van der Waals surface area contributed by atoms with Gasteiger partial charge in [-0.3, -0.25) is 0 Å². The molecule has 4 nitrogen and oxygen atoms in total. The first-order valence-electron chi connectivity index (χ1n) is 11.0. The van der Waals surface area contributed by atoms with Gasteiger partial charge < -0.3 is 20.1 Å². The Morgan fingerprint density at radius 1 is 0.767 bits per heavy atom. The minimum absolute atomic E-state index is 0.0288. The number of benzene rings is 1. The van der Waals surface area contributed by atoms with Crippen molar-refractivity contribution in [1.82, 2.24) is 10.6 Å². The lowest BCUT2D eigenvalue weighted by Crippen LogP contribution is -2.51. The normalized spacial score (nSPS) is 29.3. The topological polar surface area (TPSA) is 42.5 Å². The summed E-state index contributed by atoms with van der Waals surface area (Å²) in [6.45, 7) is 16.7. The molecule has 0 aromatic heterocycles. The van der Waals surface area contributed by atoms with Gasteiger partial charge in [-0.2, -0.15) is 0 Å². The maximum atomic E-state index is 14.8. The maximum Gasteiger partial charge on any atom is 0.168 e. The van der Waals surface area contributed by atoms with E-state index in [4.69, 9.17) is 9.47 Å². The Balaban J connectivity index is 1.75. The molecule has 2 aliphatic rings. The monoisotopic (exact) mass is 424 g/mol. The smallest absolute Gasteiger partial charge is 0.168 e. The van der Waals surface area contributed by atoms with Crippen LogP contribution in [0.5, 0.6) is 11.5 Å². The van der Waals surface area contributed by atoms with Gasteiger partial charge in [-0.1, -0.05) is 0 Å². The summed E-state index contributed by atoms with van der Waals surface area (Å²) in [7, 11) is 0. The molecule has 2 N–H and O–H groups in total. The molecule has 0 saturated carbocycles. The van der Waals surface area contributed by atoms with Crippen LogP contribution in [0, 0.1) is 11.6 Å². The van der Waals surface area contributed by atoms with Crippen molar-refractivity contribution in [3.8, 4) is 11.5 Å². The van der Waals surface area contributed by atoms with Gasteiger partial charge in [0.15, 0.2) is 23.1 Å². The second kappa shape index (κ2) is 7.63. The quantitative estimate of drug-likeness (QED) is 0.685. The van der Waals surface area contributed by atoms with Crippen molar-refractivity contribution in [3.05, 3.63) is 23.8 Å². The molecule has 2 aliphatic heterocycles. The van der Waals surface area contributed by atoms with Crippen LogP contribution < -0.4 is 20.1 Å². The average molecular weight is 425 g/mol. The van der Waals surface area contributed by atoms with E-state index in [0.29, 0.717) is 12.8 Å². The van der Waals surface area contributed by atoms with E-state index in [0.717, 1.165) is 25.0 Å². The second-order valence-electron chi connectivity index (χ2n) is 11.6. The van der Waals surface area contributed by atoms with Crippen molar-refractivity contribution in [2.75, 3.05) is 0 Å². The van der Waals surface area contributed by atoms with Gasteiger partial charge in [0.25, 0.3) is 0 Å². The molecule has 2 heterocycles. The van der Waals surface area contributed by atoms with E-state index in [2.05, 4.69) is 52.2 Å². The van der Waals surface area contributed by atoms with Gasteiger partial charge in [0.1, 0.15) is 12.2 Å². The Kier molecular flexibility index (Phi) is 5.92. The van der Waals surface area contributed by atoms with E-state index in [1.54, 1.807) is 0 Å². The molecule has 170 valence electrons. The summed E-state index contributed by atoms with van der Waals surface area (Å²) in [4.78, 5) is 0. The van der Waals surface area contributed by atoms with Gasteiger partial charge >= 0.3 is 0 Å². The van der Waals surface area contributed by atoms with Crippen molar-refractivity contribution in [3.63, 3.8) is 0 Å². The van der Waals surface area contributed by atoms with Crippen molar-refractivity contribution in [2.24, 2.45) is 0 Å². The fraction of sp³-hybridized carbons (Fsp3) is 0.750. The molecular weight excluding hydrogens is 386 g/mol. The summed E-state index contributed by atoms with van der Waals surface area (Å²) in [5, 5.41) is 7.11. The predicted molar refractivity (Wildman–Crippen MR) is 116 cm³/mol. The number of ether oxygens (including phenoxy) is 2. The van der Waals surface area contributed by atoms with Gasteiger partial charge in [0, 0.05) is 41.6 Å². The molecule has 0 bridgehead atoms. The molecular formula is C24H38F2N2O2. The molecule has 0 amide bonds. The molecule has 6 heteroatoms. The molecule has 0 spiro atoms. The minimum Gasteiger partial charge on any atom is -0.487 e. The summed E-state index contributed by atoms with van der Waals surface area (Å²) < 4.78 is 41.6. The zero-order chi connectivity index (χ0) is 22.5. The summed E-state index contributed by atoms with van der Waals surface area (Å²) in [5.74, 6) is -1.31. The Morgan fingerprint density at radius 2 is 1.30 bits per heavy atom. The van der Waals surface area contributed by atoms with Crippen molar-refractivity contribution >= 4 is 0 Å². The van der Waals surface area contributed by atoms with Crippen LogP contribution in [0.15, 0.2) is 12.1 Å². The minimum atomic E-state index is -0.599. The first kappa shape index (κ1) is 23.3. The van der Waals surface area contributed by atoms with E-state index >= 15 is 0 Å². The van der Waals surface area contributed by atoms with E-state index in [1.165, 1.54) is 0 Å². The lowest BCUT2D eigenvalue weighted by molar-refractivity contribution is 0.133. The first-order chi connectivity index (χ1) is 13.6. The fourth-order valence-electron chi connectivity index (χ4n) is 5.26. The molecule has 2 unspecified atom stereocenters. The molecule has 0 aliphatic carbocycles. The van der Waals surface area contributed by atoms with Crippen LogP contribution >= 0.6 is 0 Å². The zero-order valence-corrected chi connectivity index (χ0v) is 19.7. The van der Waals surface area contributed by atoms with E-state index in [1.807, 2.05) is 13.8 Å². The highest BCUT2D eigenvalue weighted by atomic mass is 19.1. The highest BCUT2D eigenvalue weighted by Crippen LogP contribution is 2.37. The summed E-state index contributed by atoms with van der Waals surface area (Å²) in [5.41, 5.74) is -0.650. The Labute approximate surface area is 180 Å². The molecule has 2 atom stereocenters. The largest absolute Gasteiger partial charge is 0.487 e. The predicted octanol–water partition coefficient (Wildman–Crippen LogP) is 5.34. The zero-order valence-electron chi connectivity index (χ0n) is 19.7. The Hall–Kier alpha value is -1.40. The highest BCUT2D eigenvalue weighted by molar-refractivity contribution is 5.35. The van der Waals surface area contributed by atoms with E-state index in [9.17, 15) is 8.78 Å². The van der Waals surface area contributed by atoms with Crippen LogP contribution in [0.25, 0.3) is 0 Å². The molecule has 2 fully saturated rings. The average Bonchev–Trinajstić information content (AvgIpc) is 2.67. The van der Waals surface area contributed by atoms with Crippen LogP contribution in [0.1, 0.15) is 81.1 Å². The van der Waals surface area contributed by atoms with Crippen LogP contribution in [-0.2, 0) is 0 Å². The van der Waals surface area contributed by atoms with Gasteiger partial charge in [-0.05, 0) is 68.2 Å². The number of nitrogens with one attached hydrogen (secondary N) is 2. The van der Waals surface area contributed by atoms with Crippen LogP contribution in [-0.4, -0.2) is 34.4 Å². The molecule has 1 aromatic rings. The third-order valence-electron chi connectivity index (χ3n) is 6.22. The van der Waals surface area contributed by atoms with Crippen LogP contribution in [0.2, 0.25) is 0 Å². The maximum absolute atomic E-state index is 14.8. The third-order valence-corrected chi connectivity index (χ3v) is 6.22. The molecule has 1 aromatic carbocycles. The van der Waals surface area contributed by atoms with Crippen molar-refractivity contribution in [2.45, 2.75) is 115 Å². The number of halogens is 2. The van der Waals surface area contributed by atoms with Crippen LogP contribution in [0.3, 0.4) is 0 Å².